The second kappa shape index (κ2) is 3.02. The number of aliphatic hydroxyl groups is 1. The Morgan fingerprint density at radius 2 is 2.33 bits per heavy atom. The number of aromatic amines is 1. The maximum absolute atomic E-state index is 8.97. The van der Waals surface area contributed by atoms with Crippen molar-refractivity contribution in [2.75, 3.05) is 0 Å². The van der Waals surface area contributed by atoms with Gasteiger partial charge in [0.05, 0.1) is 17.8 Å². The minimum absolute atomic E-state index is 0.0104. The summed E-state index contributed by atoms with van der Waals surface area (Å²) >= 11 is 2.23. The van der Waals surface area contributed by atoms with Gasteiger partial charge in [0.15, 0.2) is 0 Å². The lowest BCUT2D eigenvalue weighted by Gasteiger charge is -1.94. The first-order valence-electron chi connectivity index (χ1n) is 3.55. The van der Waals surface area contributed by atoms with Crippen LogP contribution in [0, 0.1) is 3.57 Å². The van der Waals surface area contributed by atoms with E-state index < -0.39 is 0 Å². The van der Waals surface area contributed by atoms with Crippen LogP contribution in [-0.4, -0.2) is 15.3 Å². The number of H-pyrrole nitrogens is 1. The first-order valence-corrected chi connectivity index (χ1v) is 4.63. The molecule has 2 rings (SSSR count). The number of hydrogen-bond acceptors (Lipinski definition) is 2. The van der Waals surface area contributed by atoms with Crippen molar-refractivity contribution in [1.29, 1.82) is 0 Å². The Kier molecular flexibility index (Phi) is 2.02. The summed E-state index contributed by atoms with van der Waals surface area (Å²) < 4.78 is 1.11. The van der Waals surface area contributed by atoms with Gasteiger partial charge in [-0.25, -0.2) is 0 Å². The van der Waals surface area contributed by atoms with Crippen LogP contribution in [0.3, 0.4) is 0 Å². The Bertz CT molecular complexity index is 410. The van der Waals surface area contributed by atoms with Crippen LogP contribution in [0.25, 0.3) is 10.9 Å². The number of fused-ring (bicyclic) bond motifs is 1. The summed E-state index contributed by atoms with van der Waals surface area (Å²) in [7, 11) is 0. The van der Waals surface area contributed by atoms with Gasteiger partial charge in [-0.1, -0.05) is 6.07 Å². The van der Waals surface area contributed by atoms with Gasteiger partial charge in [0.2, 0.25) is 0 Å². The normalized spacial score (nSPS) is 10.8. The lowest BCUT2D eigenvalue weighted by molar-refractivity contribution is 0.278. The van der Waals surface area contributed by atoms with Crippen molar-refractivity contribution in [3.63, 3.8) is 0 Å². The molecular weight excluding hydrogens is 267 g/mol. The van der Waals surface area contributed by atoms with E-state index in [4.69, 9.17) is 5.11 Å². The van der Waals surface area contributed by atoms with Crippen LogP contribution < -0.4 is 0 Å². The van der Waals surface area contributed by atoms with E-state index in [1.807, 2.05) is 18.2 Å². The predicted octanol–water partition coefficient (Wildman–Crippen LogP) is 1.66. The molecule has 1 heterocycles. The number of nitrogens with zero attached hydrogens (tertiary/aromatic N) is 1. The Balaban J connectivity index is 2.83. The zero-order valence-corrected chi connectivity index (χ0v) is 8.37. The molecule has 3 nitrogen and oxygen atoms in total. The van der Waals surface area contributed by atoms with Gasteiger partial charge in [0, 0.05) is 8.96 Å². The van der Waals surface area contributed by atoms with Gasteiger partial charge in [-0.15, -0.1) is 0 Å². The van der Waals surface area contributed by atoms with E-state index in [-0.39, 0.29) is 6.61 Å². The monoisotopic (exact) mass is 274 g/mol. The van der Waals surface area contributed by atoms with Crippen LogP contribution >= 0.6 is 22.6 Å². The summed E-state index contributed by atoms with van der Waals surface area (Å²) in [5.74, 6) is 0. The molecule has 0 atom stereocenters. The minimum Gasteiger partial charge on any atom is -0.390 e. The van der Waals surface area contributed by atoms with Gasteiger partial charge >= 0.3 is 0 Å². The molecule has 0 radical (unpaired) electrons. The van der Waals surface area contributed by atoms with Gasteiger partial charge in [0.1, 0.15) is 0 Å². The summed E-state index contributed by atoms with van der Waals surface area (Å²) in [4.78, 5) is 0. The summed E-state index contributed by atoms with van der Waals surface area (Å²) in [6, 6.07) is 5.87. The average Bonchev–Trinajstić information content (AvgIpc) is 2.49. The molecule has 2 N–H and O–H groups in total. The molecule has 0 spiro atoms. The molecule has 1 aromatic carbocycles. The first-order chi connectivity index (χ1) is 5.83. The van der Waals surface area contributed by atoms with Crippen molar-refractivity contribution in [2.45, 2.75) is 6.61 Å². The quantitative estimate of drug-likeness (QED) is 0.777. The highest BCUT2D eigenvalue weighted by molar-refractivity contribution is 14.1. The van der Waals surface area contributed by atoms with Crippen molar-refractivity contribution in [3.05, 3.63) is 27.5 Å². The third-order valence-corrected chi connectivity index (χ3v) is 2.66. The molecule has 0 saturated heterocycles. The molecule has 0 aliphatic carbocycles. The maximum atomic E-state index is 8.97. The first kappa shape index (κ1) is 8.00. The highest BCUT2D eigenvalue weighted by Gasteiger charge is 2.06. The summed E-state index contributed by atoms with van der Waals surface area (Å²) in [5, 5.41) is 16.9. The number of aliphatic hydroxyl groups excluding tert-OH is 1. The molecule has 62 valence electrons. The molecule has 12 heavy (non-hydrogen) atoms. The molecule has 0 unspecified atom stereocenters. The van der Waals surface area contributed by atoms with E-state index in [9.17, 15) is 0 Å². The molecule has 0 bridgehead atoms. The molecule has 2 aromatic rings. The largest absolute Gasteiger partial charge is 0.390 e. The Hall–Kier alpha value is -0.620. The average molecular weight is 274 g/mol. The predicted molar refractivity (Wildman–Crippen MR) is 54.7 cm³/mol. The van der Waals surface area contributed by atoms with Crippen LogP contribution in [0.4, 0.5) is 0 Å². The van der Waals surface area contributed by atoms with Gasteiger partial charge in [-0.3, -0.25) is 5.10 Å². The summed E-state index contributed by atoms with van der Waals surface area (Å²) in [6.45, 7) is 0.0104. The number of halogens is 1. The molecule has 0 amide bonds. The van der Waals surface area contributed by atoms with Crippen molar-refractivity contribution in [1.82, 2.24) is 10.2 Å². The van der Waals surface area contributed by atoms with Crippen LogP contribution in [0.1, 0.15) is 5.69 Å². The molecule has 0 saturated carbocycles. The number of nitrogens with one attached hydrogen (secondary N) is 1. The van der Waals surface area contributed by atoms with Crippen LogP contribution in [0.15, 0.2) is 18.2 Å². The highest BCUT2D eigenvalue weighted by atomic mass is 127. The van der Waals surface area contributed by atoms with Crippen LogP contribution in [0.2, 0.25) is 0 Å². The maximum Gasteiger partial charge on any atom is 0.0935 e. The number of hydrogen-bond donors (Lipinski definition) is 2. The van der Waals surface area contributed by atoms with Crippen LogP contribution in [-0.2, 0) is 6.61 Å². The smallest absolute Gasteiger partial charge is 0.0935 e. The standard InChI is InChI=1S/C8H7IN2O/c9-5-2-1-3-6-8(5)7(4-12)11-10-6/h1-3,12H,4H2,(H,10,11). The van der Waals surface area contributed by atoms with E-state index in [0.29, 0.717) is 0 Å². The van der Waals surface area contributed by atoms with Crippen molar-refractivity contribution in [2.24, 2.45) is 0 Å². The molecular formula is C8H7IN2O. The van der Waals surface area contributed by atoms with E-state index in [1.54, 1.807) is 0 Å². The fourth-order valence-electron chi connectivity index (χ4n) is 1.20. The fraction of sp³-hybridized carbons (Fsp3) is 0.125. The minimum atomic E-state index is 0.0104. The lowest BCUT2D eigenvalue weighted by atomic mass is 10.2. The zero-order chi connectivity index (χ0) is 8.55. The SMILES string of the molecule is OCc1[nH]nc2cccc(I)c12. The number of rotatable bonds is 1. The third-order valence-electron chi connectivity index (χ3n) is 1.76. The lowest BCUT2D eigenvalue weighted by Crippen LogP contribution is -1.84. The van der Waals surface area contributed by atoms with Gasteiger partial charge < -0.3 is 5.11 Å². The highest BCUT2D eigenvalue weighted by Crippen LogP contribution is 2.21. The number of benzene rings is 1. The fourth-order valence-corrected chi connectivity index (χ4v) is 2.01. The molecule has 4 heteroatoms. The van der Waals surface area contributed by atoms with Gasteiger partial charge in [0.25, 0.3) is 0 Å². The summed E-state index contributed by atoms with van der Waals surface area (Å²) in [5.41, 5.74) is 1.70. The third kappa shape index (κ3) is 1.11. The Morgan fingerprint density at radius 1 is 1.50 bits per heavy atom. The number of aromatic nitrogens is 2. The van der Waals surface area contributed by atoms with E-state index in [2.05, 4.69) is 32.8 Å². The van der Waals surface area contributed by atoms with E-state index in [0.717, 1.165) is 20.2 Å². The van der Waals surface area contributed by atoms with Gasteiger partial charge in [-0.05, 0) is 34.7 Å². The topological polar surface area (TPSA) is 48.9 Å². The van der Waals surface area contributed by atoms with Crippen LogP contribution in [0.5, 0.6) is 0 Å². The second-order valence-electron chi connectivity index (χ2n) is 2.49. The Labute approximate surface area is 82.9 Å². The molecule has 1 aromatic heterocycles. The zero-order valence-electron chi connectivity index (χ0n) is 6.21. The molecule has 0 aliphatic rings. The van der Waals surface area contributed by atoms with Crippen molar-refractivity contribution in [3.8, 4) is 0 Å². The van der Waals surface area contributed by atoms with Crippen molar-refractivity contribution >= 4 is 33.5 Å². The second-order valence-corrected chi connectivity index (χ2v) is 3.66. The van der Waals surface area contributed by atoms with E-state index in [1.165, 1.54) is 0 Å². The molecule has 0 aliphatic heterocycles. The van der Waals surface area contributed by atoms with Crippen molar-refractivity contribution < 1.29 is 5.11 Å². The summed E-state index contributed by atoms with van der Waals surface area (Å²) in [6.07, 6.45) is 0. The molecule has 0 fully saturated rings. The van der Waals surface area contributed by atoms with Gasteiger partial charge in [-0.2, -0.15) is 5.10 Å². The Morgan fingerprint density at radius 3 is 3.08 bits per heavy atom. The van der Waals surface area contributed by atoms with E-state index >= 15 is 0 Å².